The van der Waals surface area contributed by atoms with Crippen molar-refractivity contribution in [2.45, 2.75) is 43.9 Å². The van der Waals surface area contributed by atoms with E-state index < -0.39 is 0 Å². The van der Waals surface area contributed by atoms with Crippen LogP contribution in [0.2, 0.25) is 0 Å². The SMILES string of the molecule is Cc1ccc(/C=C2\SC3C=CC(C(=O)NC4CCCC4)=CC3=[N+](C)C2=O)cc1. The molecular weight excluding hydrogens is 368 g/mol. The molecule has 1 aliphatic heterocycles. The van der Waals surface area contributed by atoms with Crippen LogP contribution in [0.15, 0.2) is 53.0 Å². The van der Waals surface area contributed by atoms with Crippen molar-refractivity contribution < 1.29 is 14.2 Å². The maximum Gasteiger partial charge on any atom is 0.425 e. The van der Waals surface area contributed by atoms with Gasteiger partial charge >= 0.3 is 5.91 Å². The van der Waals surface area contributed by atoms with Crippen LogP contribution in [-0.2, 0) is 9.59 Å². The predicted octanol–water partition coefficient (Wildman–Crippen LogP) is 3.62. The summed E-state index contributed by atoms with van der Waals surface area (Å²) < 4.78 is 1.67. The van der Waals surface area contributed by atoms with Crippen LogP contribution in [0.1, 0.15) is 36.8 Å². The van der Waals surface area contributed by atoms with Gasteiger partial charge < -0.3 is 5.32 Å². The molecule has 1 unspecified atom stereocenters. The molecule has 0 radical (unpaired) electrons. The van der Waals surface area contributed by atoms with E-state index in [0.717, 1.165) is 29.0 Å². The van der Waals surface area contributed by atoms with Gasteiger partial charge in [0.05, 0.1) is 0 Å². The third kappa shape index (κ3) is 3.90. The highest BCUT2D eigenvalue weighted by atomic mass is 32.2. The number of amides is 2. The summed E-state index contributed by atoms with van der Waals surface area (Å²) in [6, 6.07) is 8.43. The van der Waals surface area contributed by atoms with Gasteiger partial charge in [0.2, 0.25) is 5.71 Å². The molecule has 0 aromatic heterocycles. The molecule has 0 saturated heterocycles. The molecule has 1 aromatic carbocycles. The van der Waals surface area contributed by atoms with E-state index in [4.69, 9.17) is 0 Å². The lowest BCUT2D eigenvalue weighted by Gasteiger charge is -2.21. The highest BCUT2D eigenvalue weighted by Crippen LogP contribution is 2.33. The normalized spacial score (nSPS) is 23.8. The van der Waals surface area contributed by atoms with E-state index in [1.165, 1.54) is 18.4 Å². The number of fused-ring (bicyclic) bond motifs is 1. The van der Waals surface area contributed by atoms with E-state index in [9.17, 15) is 9.59 Å². The number of hydrogen-bond acceptors (Lipinski definition) is 3. The van der Waals surface area contributed by atoms with Crippen molar-refractivity contribution in [3.8, 4) is 0 Å². The lowest BCUT2D eigenvalue weighted by atomic mass is 10.0. The van der Waals surface area contributed by atoms with Gasteiger partial charge in [-0.25, -0.2) is 4.79 Å². The van der Waals surface area contributed by atoms with Gasteiger partial charge in [0, 0.05) is 17.7 Å². The van der Waals surface area contributed by atoms with Gasteiger partial charge in [-0.2, -0.15) is 4.58 Å². The van der Waals surface area contributed by atoms with E-state index in [-0.39, 0.29) is 23.1 Å². The van der Waals surface area contributed by atoms with Crippen molar-refractivity contribution in [2.24, 2.45) is 0 Å². The number of thioether (sulfide) groups is 1. The third-order valence-corrected chi connectivity index (χ3v) is 6.73. The van der Waals surface area contributed by atoms with Crippen LogP contribution < -0.4 is 5.32 Å². The molecule has 0 bridgehead atoms. The van der Waals surface area contributed by atoms with Crippen LogP contribution >= 0.6 is 11.8 Å². The quantitative estimate of drug-likeness (QED) is 0.630. The number of nitrogens with zero attached hydrogens (tertiary/aromatic N) is 1. The highest BCUT2D eigenvalue weighted by Gasteiger charge is 2.38. The van der Waals surface area contributed by atoms with E-state index >= 15 is 0 Å². The fraction of sp³-hybridized carbons (Fsp3) is 0.348. The minimum absolute atomic E-state index is 0.0288. The molecule has 1 N–H and O–H groups in total. The Morgan fingerprint density at radius 1 is 1.21 bits per heavy atom. The topological polar surface area (TPSA) is 49.2 Å². The van der Waals surface area contributed by atoms with Gasteiger partial charge in [-0.3, -0.25) is 4.79 Å². The van der Waals surface area contributed by atoms with Gasteiger partial charge in [-0.1, -0.05) is 66.6 Å². The second kappa shape index (κ2) is 7.92. The van der Waals surface area contributed by atoms with E-state index in [1.54, 1.807) is 23.4 Å². The van der Waals surface area contributed by atoms with Crippen LogP contribution in [0, 0.1) is 6.92 Å². The average molecular weight is 394 g/mol. The Balaban J connectivity index is 1.57. The Bertz CT molecular complexity index is 932. The molecule has 5 heteroatoms. The lowest BCUT2D eigenvalue weighted by molar-refractivity contribution is -0.413. The number of carbonyl (C=O) groups is 2. The summed E-state index contributed by atoms with van der Waals surface area (Å²) in [7, 11) is 1.79. The Labute approximate surface area is 170 Å². The first-order valence-corrected chi connectivity index (χ1v) is 10.7. The Kier molecular flexibility index (Phi) is 5.36. The summed E-state index contributed by atoms with van der Waals surface area (Å²) in [6.07, 6.45) is 12.2. The van der Waals surface area contributed by atoms with Gasteiger partial charge in [-0.05, 0) is 31.4 Å². The number of likely N-dealkylation sites (N-methyl/N-ethyl adjacent to an activating group) is 1. The first-order valence-electron chi connectivity index (χ1n) is 9.82. The first kappa shape index (κ1) is 18.9. The summed E-state index contributed by atoms with van der Waals surface area (Å²) in [6.45, 7) is 2.05. The highest BCUT2D eigenvalue weighted by molar-refractivity contribution is 8.05. The van der Waals surface area contributed by atoms with Gasteiger partial charge in [0.15, 0.2) is 0 Å². The van der Waals surface area contributed by atoms with E-state index in [1.807, 2.05) is 55.5 Å². The number of hydrogen-bond donors (Lipinski definition) is 1. The monoisotopic (exact) mass is 393 g/mol. The summed E-state index contributed by atoms with van der Waals surface area (Å²) in [5.41, 5.74) is 3.71. The molecule has 4 rings (SSSR count). The minimum atomic E-state index is -0.0408. The summed E-state index contributed by atoms with van der Waals surface area (Å²) in [4.78, 5) is 26.2. The fourth-order valence-corrected chi connectivity index (χ4v) is 5.05. The molecule has 4 nitrogen and oxygen atoms in total. The van der Waals surface area contributed by atoms with Crippen LogP contribution in [-0.4, -0.2) is 40.4 Å². The molecule has 2 aliphatic carbocycles. The van der Waals surface area contributed by atoms with Crippen molar-refractivity contribution in [2.75, 3.05) is 7.05 Å². The largest absolute Gasteiger partial charge is 0.425 e. The maximum absolute atomic E-state index is 12.9. The van der Waals surface area contributed by atoms with Crippen LogP contribution in [0.25, 0.3) is 6.08 Å². The molecule has 0 spiro atoms. The van der Waals surface area contributed by atoms with Crippen molar-refractivity contribution in [3.63, 3.8) is 0 Å². The summed E-state index contributed by atoms with van der Waals surface area (Å²) in [5, 5.41) is 3.17. The molecule has 1 saturated carbocycles. The van der Waals surface area contributed by atoms with E-state index in [0.29, 0.717) is 5.57 Å². The van der Waals surface area contributed by atoms with Gasteiger partial charge in [-0.15, -0.1) is 0 Å². The molecule has 1 atom stereocenters. The maximum atomic E-state index is 12.9. The third-order valence-electron chi connectivity index (χ3n) is 5.53. The zero-order valence-electron chi connectivity index (χ0n) is 16.3. The smallest absolute Gasteiger partial charge is 0.349 e. The second-order valence-corrected chi connectivity index (χ2v) is 8.84. The van der Waals surface area contributed by atoms with Crippen molar-refractivity contribution in [3.05, 3.63) is 64.1 Å². The molecular formula is C23H25N2O2S+. The van der Waals surface area contributed by atoms with Crippen molar-refractivity contribution in [1.29, 1.82) is 0 Å². The van der Waals surface area contributed by atoms with E-state index in [2.05, 4.69) is 5.32 Å². The van der Waals surface area contributed by atoms with Crippen molar-refractivity contribution >= 4 is 35.4 Å². The van der Waals surface area contributed by atoms with Crippen LogP contribution in [0.3, 0.4) is 0 Å². The predicted molar refractivity (Wildman–Crippen MR) is 114 cm³/mol. The number of carbonyl (C=O) groups excluding carboxylic acids is 2. The fourth-order valence-electron chi connectivity index (χ4n) is 3.83. The first-order chi connectivity index (χ1) is 13.5. The number of allylic oxidation sites excluding steroid dienone is 1. The number of benzene rings is 1. The number of rotatable bonds is 3. The molecule has 2 amide bonds. The number of nitrogens with one attached hydrogen (secondary N) is 1. The summed E-state index contributed by atoms with van der Waals surface area (Å²) in [5.74, 6) is -0.0696. The Morgan fingerprint density at radius 2 is 1.93 bits per heavy atom. The standard InChI is InChI=1S/C23H24N2O2S/c1-15-7-9-16(10-8-15)13-21-23(27)25(2)19-14-17(11-12-20(19)28-21)22(26)24-18-5-3-4-6-18/h7-14,18,20H,3-6H2,1-2H3/p+1/b21-13-. The second-order valence-electron chi connectivity index (χ2n) is 7.66. The minimum Gasteiger partial charge on any atom is -0.349 e. The Morgan fingerprint density at radius 3 is 2.64 bits per heavy atom. The molecule has 28 heavy (non-hydrogen) atoms. The lowest BCUT2D eigenvalue weighted by Crippen LogP contribution is -2.38. The molecule has 1 heterocycles. The van der Waals surface area contributed by atoms with Gasteiger partial charge in [0.1, 0.15) is 17.2 Å². The zero-order chi connectivity index (χ0) is 19.7. The molecule has 144 valence electrons. The van der Waals surface area contributed by atoms with Gasteiger partial charge in [0.25, 0.3) is 5.91 Å². The summed E-state index contributed by atoms with van der Waals surface area (Å²) >= 11 is 1.54. The molecule has 1 aromatic rings. The van der Waals surface area contributed by atoms with Crippen molar-refractivity contribution in [1.82, 2.24) is 5.32 Å². The molecule has 1 fully saturated rings. The average Bonchev–Trinajstić information content (AvgIpc) is 3.20. The zero-order valence-corrected chi connectivity index (χ0v) is 17.1. The Hall–Kier alpha value is -2.40. The van der Waals surface area contributed by atoms with Crippen LogP contribution in [0.4, 0.5) is 0 Å². The number of aryl methyl sites for hydroxylation is 1. The van der Waals surface area contributed by atoms with Crippen LogP contribution in [0.5, 0.6) is 0 Å². The molecule has 3 aliphatic rings.